The number of carboxylic acids is 1. The number of rotatable bonds is 6. The Morgan fingerprint density at radius 2 is 2.10 bits per heavy atom. The Hall–Kier alpha value is -2.61. The molecule has 2 heterocycles. The van der Waals surface area contributed by atoms with Gasteiger partial charge in [-0.2, -0.15) is 0 Å². The fraction of sp³-hybridized carbons (Fsp3) is 0.154. The summed E-state index contributed by atoms with van der Waals surface area (Å²) in [5.41, 5.74) is 0. The molecule has 2 rings (SSSR count). The van der Waals surface area contributed by atoms with Crippen molar-refractivity contribution in [3.63, 3.8) is 0 Å². The van der Waals surface area contributed by atoms with Crippen molar-refractivity contribution < 1.29 is 23.9 Å². The van der Waals surface area contributed by atoms with Crippen LogP contribution in [0.4, 0.5) is 0 Å². The van der Waals surface area contributed by atoms with Crippen molar-refractivity contribution in [3.05, 3.63) is 46.5 Å². The molecule has 2 amide bonds. The van der Waals surface area contributed by atoms with E-state index in [0.717, 1.165) is 0 Å². The minimum Gasteiger partial charge on any atom is -0.479 e. The van der Waals surface area contributed by atoms with E-state index in [1.807, 2.05) is 0 Å². The highest BCUT2D eigenvalue weighted by Crippen LogP contribution is 2.18. The first-order valence-corrected chi connectivity index (χ1v) is 6.83. The normalized spacial score (nSPS) is 11.6. The van der Waals surface area contributed by atoms with Crippen molar-refractivity contribution in [1.29, 1.82) is 0 Å². The number of aliphatic carboxylic acids is 1. The van der Waals surface area contributed by atoms with Gasteiger partial charge < -0.3 is 20.2 Å². The van der Waals surface area contributed by atoms with Crippen LogP contribution in [0.25, 0.3) is 0 Å². The van der Waals surface area contributed by atoms with Gasteiger partial charge in [0.25, 0.3) is 5.91 Å². The summed E-state index contributed by atoms with van der Waals surface area (Å²) in [5, 5.41) is 15.5. The summed E-state index contributed by atoms with van der Waals surface area (Å²) >= 11 is 1.23. The first kappa shape index (κ1) is 14.8. The van der Waals surface area contributed by atoms with Crippen molar-refractivity contribution in [3.8, 4) is 0 Å². The van der Waals surface area contributed by atoms with Crippen LogP contribution in [0.1, 0.15) is 21.5 Å². The number of nitrogens with one attached hydrogen (secondary N) is 2. The average Bonchev–Trinajstić information content (AvgIpc) is 3.13. The van der Waals surface area contributed by atoms with Gasteiger partial charge >= 0.3 is 5.97 Å². The maximum Gasteiger partial charge on any atom is 0.331 e. The van der Waals surface area contributed by atoms with Gasteiger partial charge in [0.2, 0.25) is 5.91 Å². The summed E-state index contributed by atoms with van der Waals surface area (Å²) in [6, 6.07) is 5.19. The first-order valence-electron chi connectivity index (χ1n) is 5.95. The Morgan fingerprint density at radius 3 is 2.67 bits per heavy atom. The van der Waals surface area contributed by atoms with Crippen LogP contribution in [0.5, 0.6) is 0 Å². The third-order valence-electron chi connectivity index (χ3n) is 2.53. The highest BCUT2D eigenvalue weighted by molar-refractivity contribution is 7.10. The van der Waals surface area contributed by atoms with Gasteiger partial charge in [0.1, 0.15) is 0 Å². The second-order valence-electron chi connectivity index (χ2n) is 4.01. The number of carbonyl (C=O) groups excluding carboxylic acids is 2. The summed E-state index contributed by atoms with van der Waals surface area (Å²) in [6.45, 7) is -0.339. The van der Waals surface area contributed by atoms with Crippen LogP contribution in [-0.4, -0.2) is 29.4 Å². The van der Waals surface area contributed by atoms with E-state index in [9.17, 15) is 14.4 Å². The van der Waals surface area contributed by atoms with E-state index in [2.05, 4.69) is 10.6 Å². The zero-order valence-corrected chi connectivity index (χ0v) is 11.6. The van der Waals surface area contributed by atoms with E-state index in [-0.39, 0.29) is 12.3 Å². The molecule has 2 aromatic heterocycles. The van der Waals surface area contributed by atoms with Gasteiger partial charge in [0, 0.05) is 4.88 Å². The topological polar surface area (TPSA) is 109 Å². The lowest BCUT2D eigenvalue weighted by atomic mass is 10.2. The van der Waals surface area contributed by atoms with Gasteiger partial charge in [-0.15, -0.1) is 11.3 Å². The second-order valence-corrected chi connectivity index (χ2v) is 4.99. The van der Waals surface area contributed by atoms with Gasteiger partial charge in [-0.3, -0.25) is 9.59 Å². The monoisotopic (exact) mass is 308 g/mol. The molecule has 0 spiro atoms. The van der Waals surface area contributed by atoms with Crippen molar-refractivity contribution in [2.75, 3.05) is 6.54 Å². The Morgan fingerprint density at radius 1 is 1.29 bits per heavy atom. The quantitative estimate of drug-likeness (QED) is 0.738. The van der Waals surface area contributed by atoms with E-state index >= 15 is 0 Å². The van der Waals surface area contributed by atoms with E-state index in [1.54, 1.807) is 23.6 Å². The molecule has 0 bridgehead atoms. The highest BCUT2D eigenvalue weighted by atomic mass is 32.1. The maximum atomic E-state index is 11.7. The zero-order chi connectivity index (χ0) is 15.2. The largest absolute Gasteiger partial charge is 0.479 e. The fourth-order valence-electron chi connectivity index (χ4n) is 1.58. The molecule has 0 aliphatic rings. The maximum absolute atomic E-state index is 11.7. The van der Waals surface area contributed by atoms with E-state index < -0.39 is 23.8 Å². The number of furan rings is 1. The molecule has 0 saturated heterocycles. The Balaban J connectivity index is 1.88. The van der Waals surface area contributed by atoms with Gasteiger partial charge in [0.15, 0.2) is 11.8 Å². The van der Waals surface area contributed by atoms with Crippen LogP contribution in [0, 0.1) is 0 Å². The lowest BCUT2D eigenvalue weighted by Crippen LogP contribution is -2.40. The lowest BCUT2D eigenvalue weighted by molar-refractivity contribution is -0.141. The minimum atomic E-state index is -1.16. The van der Waals surface area contributed by atoms with Crippen LogP contribution in [0.15, 0.2) is 40.3 Å². The van der Waals surface area contributed by atoms with Gasteiger partial charge in [-0.05, 0) is 23.6 Å². The predicted molar refractivity (Wildman–Crippen MR) is 73.9 cm³/mol. The molecule has 1 atom stereocenters. The van der Waals surface area contributed by atoms with Crippen LogP contribution >= 0.6 is 11.3 Å². The summed E-state index contributed by atoms with van der Waals surface area (Å²) in [5.74, 6) is -2.23. The molecule has 0 aliphatic carbocycles. The van der Waals surface area contributed by atoms with Crippen LogP contribution in [0.2, 0.25) is 0 Å². The van der Waals surface area contributed by atoms with Crippen LogP contribution < -0.4 is 10.6 Å². The Bertz CT molecular complexity index is 621. The molecule has 0 fully saturated rings. The third-order valence-corrected chi connectivity index (χ3v) is 3.47. The Labute approximate surface area is 123 Å². The highest BCUT2D eigenvalue weighted by Gasteiger charge is 2.23. The molecule has 0 aliphatic heterocycles. The third kappa shape index (κ3) is 3.93. The zero-order valence-electron chi connectivity index (χ0n) is 10.7. The van der Waals surface area contributed by atoms with Gasteiger partial charge in [-0.1, -0.05) is 6.07 Å². The minimum absolute atomic E-state index is 0.0795. The molecule has 2 aromatic rings. The first-order chi connectivity index (χ1) is 10.1. The van der Waals surface area contributed by atoms with Crippen molar-refractivity contribution in [1.82, 2.24) is 10.6 Å². The molecule has 21 heavy (non-hydrogen) atoms. The molecule has 0 saturated carbocycles. The number of hydrogen-bond acceptors (Lipinski definition) is 5. The molecular formula is C13H12N2O5S. The standard InChI is InChI=1S/C13H12N2O5S/c16-10(7-14-12(17)8-3-1-5-20-8)15-11(13(18)19)9-4-2-6-21-9/h1-6,11H,7H2,(H,14,17)(H,15,16)(H,18,19). The molecule has 0 aromatic carbocycles. The molecule has 1 unspecified atom stereocenters. The van der Waals surface area contributed by atoms with E-state index in [4.69, 9.17) is 9.52 Å². The van der Waals surface area contributed by atoms with Gasteiger partial charge in [0.05, 0.1) is 12.8 Å². The lowest BCUT2D eigenvalue weighted by Gasteiger charge is -2.13. The molecule has 3 N–H and O–H groups in total. The van der Waals surface area contributed by atoms with Gasteiger partial charge in [-0.25, -0.2) is 4.79 Å². The molecular weight excluding hydrogens is 296 g/mol. The summed E-state index contributed by atoms with van der Waals surface area (Å²) in [7, 11) is 0. The number of amides is 2. The molecule has 110 valence electrons. The second kappa shape index (κ2) is 6.71. The summed E-state index contributed by atoms with van der Waals surface area (Å²) in [6.07, 6.45) is 1.34. The Kier molecular flexibility index (Phi) is 4.72. The smallest absolute Gasteiger partial charge is 0.331 e. The summed E-state index contributed by atoms with van der Waals surface area (Å²) in [4.78, 5) is 34.9. The van der Waals surface area contributed by atoms with Crippen molar-refractivity contribution in [2.45, 2.75) is 6.04 Å². The SMILES string of the molecule is O=C(CNC(=O)c1ccco1)NC(C(=O)O)c1cccs1. The molecule has 8 heteroatoms. The number of thiophene rings is 1. The average molecular weight is 308 g/mol. The predicted octanol–water partition coefficient (Wildman–Crippen LogP) is 1.01. The number of carbonyl (C=O) groups is 3. The summed E-state index contributed by atoms with van der Waals surface area (Å²) < 4.78 is 4.87. The van der Waals surface area contributed by atoms with Crippen LogP contribution in [-0.2, 0) is 9.59 Å². The molecule has 0 radical (unpaired) electrons. The van der Waals surface area contributed by atoms with E-state index in [0.29, 0.717) is 4.88 Å². The fourth-order valence-corrected chi connectivity index (χ4v) is 2.34. The molecule has 7 nitrogen and oxygen atoms in total. The number of carboxylic acid groups (broad SMARTS) is 1. The van der Waals surface area contributed by atoms with E-state index in [1.165, 1.54) is 23.7 Å². The van der Waals surface area contributed by atoms with Crippen molar-refractivity contribution in [2.24, 2.45) is 0 Å². The number of hydrogen-bond donors (Lipinski definition) is 3. The van der Waals surface area contributed by atoms with Crippen LogP contribution in [0.3, 0.4) is 0 Å². The van der Waals surface area contributed by atoms with Crippen molar-refractivity contribution >= 4 is 29.1 Å².